The van der Waals surface area contributed by atoms with Crippen LogP contribution in [0.15, 0.2) is 34.2 Å². The highest BCUT2D eigenvalue weighted by molar-refractivity contribution is 7.90. The van der Waals surface area contributed by atoms with Gasteiger partial charge in [-0.2, -0.15) is 4.99 Å². The lowest BCUT2D eigenvalue weighted by atomic mass is 10.1. The summed E-state index contributed by atoms with van der Waals surface area (Å²) >= 11 is 6.09. The number of carbonyl (C=O) groups excluding carboxylic acids is 1. The van der Waals surface area contributed by atoms with E-state index in [9.17, 15) is 23.3 Å². The highest BCUT2D eigenvalue weighted by Gasteiger charge is 2.32. The number of aliphatic imine (C=N–C) groups is 1. The number of rotatable bonds is 2. The van der Waals surface area contributed by atoms with Crippen molar-refractivity contribution >= 4 is 39.0 Å². The quantitative estimate of drug-likeness (QED) is 0.319. The maximum absolute atomic E-state index is 12.9. The van der Waals surface area contributed by atoms with E-state index in [0.29, 0.717) is 5.56 Å². The third-order valence-electron chi connectivity index (χ3n) is 3.92. The molecule has 3 rings (SSSR count). The summed E-state index contributed by atoms with van der Waals surface area (Å²) in [5.41, 5.74) is 10.3. The Balaban J connectivity index is 2.23. The number of amides is 1. The van der Waals surface area contributed by atoms with Crippen LogP contribution in [0.5, 0.6) is 11.5 Å². The summed E-state index contributed by atoms with van der Waals surface area (Å²) in [5, 5.41) is 10.9. The molecule has 0 bridgehead atoms. The van der Waals surface area contributed by atoms with Gasteiger partial charge >= 0.3 is 0 Å². The molecule has 1 heterocycles. The third kappa shape index (κ3) is 3.49. The number of benzene rings is 2. The second-order valence-electron chi connectivity index (χ2n) is 6.00. The predicted octanol–water partition coefficient (Wildman–Crippen LogP) is 2.05. The molecule has 2 aromatic rings. The van der Waals surface area contributed by atoms with Crippen LogP contribution < -0.4 is 16.2 Å². The van der Waals surface area contributed by atoms with E-state index in [1.807, 2.05) is 0 Å². The molecule has 28 heavy (non-hydrogen) atoms. The maximum Gasteiger partial charge on any atom is 0.280 e. The van der Waals surface area contributed by atoms with Gasteiger partial charge in [0.25, 0.3) is 11.6 Å². The smallest absolute Gasteiger partial charge is 0.280 e. The molecule has 0 spiro atoms. The predicted molar refractivity (Wildman–Crippen MR) is 100 cm³/mol. The lowest BCUT2D eigenvalue weighted by Gasteiger charge is -2.13. The number of aryl methyl sites for hydroxylation is 1. The van der Waals surface area contributed by atoms with Crippen molar-refractivity contribution in [2.45, 2.75) is 17.6 Å². The van der Waals surface area contributed by atoms with E-state index < -0.39 is 32.4 Å². The van der Waals surface area contributed by atoms with Gasteiger partial charge in [0.15, 0.2) is 21.5 Å². The second kappa shape index (κ2) is 6.77. The number of hydrogen-bond acceptors (Lipinski definition) is 6. The number of hydrogen-bond donors (Lipinski definition) is 2. The number of sulfone groups is 1. The highest BCUT2D eigenvalue weighted by Crippen LogP contribution is 2.44. The van der Waals surface area contributed by atoms with Crippen LogP contribution in [0.2, 0.25) is 5.02 Å². The first kappa shape index (κ1) is 19.6. The van der Waals surface area contributed by atoms with E-state index in [1.54, 1.807) is 0 Å². The Bertz CT molecular complexity index is 1170. The average Bonchev–Trinajstić information content (AvgIpc) is 2.68. The van der Waals surface area contributed by atoms with Crippen molar-refractivity contribution in [3.05, 3.63) is 56.1 Å². The minimum atomic E-state index is -4.03. The number of ether oxygens (including phenoxy) is 1. The zero-order chi connectivity index (χ0) is 20.8. The molecular weight excluding hydrogens is 412 g/mol. The van der Waals surface area contributed by atoms with Gasteiger partial charge in [-0.1, -0.05) is 11.6 Å². The van der Waals surface area contributed by atoms with Crippen LogP contribution in [-0.2, 0) is 15.6 Å². The van der Waals surface area contributed by atoms with E-state index in [-0.39, 0.29) is 38.2 Å². The molecule has 1 aliphatic heterocycles. The normalized spacial score (nSPS) is 14.1. The van der Waals surface area contributed by atoms with Crippen molar-refractivity contribution < 1.29 is 22.9 Å². The number of fused-ring (bicyclic) bond motifs is 2. The number of nitro benzene ring substituents is 1. The Kier molecular flexibility index (Phi) is 4.73. The van der Waals surface area contributed by atoms with Crippen LogP contribution in [-0.4, -0.2) is 25.2 Å². The Morgan fingerprint density at radius 3 is 2.54 bits per heavy atom. The first-order valence-corrected chi connectivity index (χ1v) is 9.68. The van der Waals surface area contributed by atoms with Crippen molar-refractivity contribution in [3.8, 4) is 11.5 Å². The summed E-state index contributed by atoms with van der Waals surface area (Å²) in [5.74, 6) is -1.92. The Labute approximate surface area is 163 Å². The number of guanidine groups is 1. The molecule has 146 valence electrons. The van der Waals surface area contributed by atoms with Gasteiger partial charge in [0.05, 0.1) is 15.7 Å². The van der Waals surface area contributed by atoms with Crippen LogP contribution in [0, 0.1) is 17.0 Å². The molecule has 1 amide bonds. The fourth-order valence-corrected chi connectivity index (χ4v) is 4.60. The summed E-state index contributed by atoms with van der Waals surface area (Å²) in [6, 6.07) is 4.63. The SMILES string of the molecule is Cc1cc(C(=O)N=C(N)N)cc2c1Oc1c(Cl)cc([N+](=O)[O-])cc1CS2(=O)=O. The molecule has 0 saturated carbocycles. The largest absolute Gasteiger partial charge is 0.454 e. The van der Waals surface area contributed by atoms with Crippen molar-refractivity contribution in [1.29, 1.82) is 0 Å². The third-order valence-corrected chi connectivity index (χ3v) is 5.86. The molecule has 0 aromatic heterocycles. The lowest BCUT2D eigenvalue weighted by molar-refractivity contribution is -0.384. The molecule has 0 radical (unpaired) electrons. The minimum absolute atomic E-state index is 0.000918. The van der Waals surface area contributed by atoms with Crippen LogP contribution >= 0.6 is 11.6 Å². The van der Waals surface area contributed by atoms with Gasteiger partial charge in [-0.15, -0.1) is 0 Å². The van der Waals surface area contributed by atoms with E-state index in [2.05, 4.69) is 4.99 Å². The van der Waals surface area contributed by atoms with Crippen LogP contribution in [0.3, 0.4) is 0 Å². The summed E-state index contributed by atoms with van der Waals surface area (Å²) in [4.78, 5) is 25.6. The molecule has 2 aromatic carbocycles. The number of nitrogens with two attached hydrogens (primary N) is 2. The van der Waals surface area contributed by atoms with Gasteiger partial charge in [0, 0.05) is 23.3 Å². The van der Waals surface area contributed by atoms with E-state index >= 15 is 0 Å². The van der Waals surface area contributed by atoms with Gasteiger partial charge < -0.3 is 16.2 Å². The first-order valence-electron chi connectivity index (χ1n) is 7.65. The summed E-state index contributed by atoms with van der Waals surface area (Å²) in [6.45, 7) is 1.53. The summed E-state index contributed by atoms with van der Waals surface area (Å²) in [6.07, 6.45) is 0. The zero-order valence-electron chi connectivity index (χ0n) is 14.3. The van der Waals surface area contributed by atoms with Crippen LogP contribution in [0.4, 0.5) is 5.69 Å². The average molecular weight is 425 g/mol. The molecule has 12 heteroatoms. The van der Waals surface area contributed by atoms with E-state index in [4.69, 9.17) is 27.8 Å². The van der Waals surface area contributed by atoms with Crippen molar-refractivity contribution in [2.75, 3.05) is 0 Å². The Morgan fingerprint density at radius 2 is 1.93 bits per heavy atom. The maximum atomic E-state index is 12.9. The molecule has 0 unspecified atom stereocenters. The molecule has 0 fully saturated rings. The summed E-state index contributed by atoms with van der Waals surface area (Å²) in [7, 11) is -4.03. The van der Waals surface area contributed by atoms with Gasteiger partial charge in [-0.05, 0) is 24.6 Å². The van der Waals surface area contributed by atoms with E-state index in [1.165, 1.54) is 13.0 Å². The first-order chi connectivity index (χ1) is 13.0. The molecule has 4 N–H and O–H groups in total. The van der Waals surface area contributed by atoms with Crippen LogP contribution in [0.25, 0.3) is 0 Å². The molecular formula is C16H13ClN4O6S. The molecule has 0 aliphatic carbocycles. The monoisotopic (exact) mass is 424 g/mol. The fraction of sp³-hybridized carbons (Fsp3) is 0.125. The second-order valence-corrected chi connectivity index (χ2v) is 8.36. The molecule has 1 aliphatic rings. The van der Waals surface area contributed by atoms with Crippen molar-refractivity contribution in [3.63, 3.8) is 0 Å². The number of non-ortho nitro benzene ring substituents is 1. The molecule has 0 saturated heterocycles. The van der Waals surface area contributed by atoms with Gasteiger partial charge in [0.1, 0.15) is 10.6 Å². The number of halogens is 1. The van der Waals surface area contributed by atoms with Gasteiger partial charge in [-0.3, -0.25) is 14.9 Å². The summed E-state index contributed by atoms with van der Waals surface area (Å²) < 4.78 is 31.5. The fourth-order valence-electron chi connectivity index (χ4n) is 2.75. The van der Waals surface area contributed by atoms with E-state index in [0.717, 1.165) is 18.2 Å². The van der Waals surface area contributed by atoms with Crippen LogP contribution in [0.1, 0.15) is 21.5 Å². The number of carbonyl (C=O) groups is 1. The highest BCUT2D eigenvalue weighted by atomic mass is 35.5. The zero-order valence-corrected chi connectivity index (χ0v) is 15.9. The van der Waals surface area contributed by atoms with Crippen molar-refractivity contribution in [1.82, 2.24) is 0 Å². The van der Waals surface area contributed by atoms with Gasteiger partial charge in [-0.25, -0.2) is 8.42 Å². The number of nitrogens with zero attached hydrogens (tertiary/aromatic N) is 2. The standard InChI is InChI=1S/C16H13ClN4O6S/c1-7-2-8(15(22)20-16(18)19)4-12-13(7)27-14-9(6-28(12,25)26)3-10(21(23)24)5-11(14)17/h2-5H,6H2,1H3,(H4,18,19,20,22). The lowest BCUT2D eigenvalue weighted by Crippen LogP contribution is -2.24. The minimum Gasteiger partial charge on any atom is -0.454 e. The van der Waals surface area contributed by atoms with Gasteiger partial charge in [0.2, 0.25) is 0 Å². The van der Waals surface area contributed by atoms with Crippen molar-refractivity contribution in [2.24, 2.45) is 16.5 Å². The number of nitro groups is 1. The molecule has 0 atom stereocenters. The Hall–Kier alpha value is -3.18. The Morgan fingerprint density at radius 1 is 1.25 bits per heavy atom. The molecule has 10 nitrogen and oxygen atoms in total. The topological polar surface area (TPSA) is 168 Å².